The summed E-state index contributed by atoms with van der Waals surface area (Å²) in [5, 5.41) is 0. The summed E-state index contributed by atoms with van der Waals surface area (Å²) < 4.78 is 7.78. The molecule has 1 aromatic heterocycles. The summed E-state index contributed by atoms with van der Waals surface area (Å²) >= 11 is 0. The SMILES string of the molecule is CN(C)c1cc[n+](CCOc2ccccc2)cc1.[Br-]. The smallest absolute Gasteiger partial charge is 0.182 e. The number of ether oxygens (including phenoxy) is 1. The van der Waals surface area contributed by atoms with Crippen molar-refractivity contribution in [3.05, 3.63) is 54.9 Å². The fourth-order valence-corrected chi connectivity index (χ4v) is 1.68. The third-order valence-corrected chi connectivity index (χ3v) is 2.75. The first-order valence-corrected chi connectivity index (χ1v) is 6.10. The summed E-state index contributed by atoms with van der Waals surface area (Å²) in [7, 11) is 4.08. The molecule has 0 radical (unpaired) electrons. The Morgan fingerprint density at radius 2 is 1.63 bits per heavy atom. The van der Waals surface area contributed by atoms with Crippen LogP contribution in [0.1, 0.15) is 0 Å². The molecular weight excluding hydrogens is 304 g/mol. The second-order valence-corrected chi connectivity index (χ2v) is 4.35. The van der Waals surface area contributed by atoms with Crippen LogP contribution in [-0.2, 0) is 6.54 Å². The van der Waals surface area contributed by atoms with Crippen LogP contribution < -0.4 is 31.2 Å². The van der Waals surface area contributed by atoms with Crippen LogP contribution in [0.3, 0.4) is 0 Å². The number of rotatable bonds is 5. The number of benzene rings is 1. The van der Waals surface area contributed by atoms with Gasteiger partial charge in [0.2, 0.25) is 0 Å². The largest absolute Gasteiger partial charge is 1.00 e. The fourth-order valence-electron chi connectivity index (χ4n) is 1.68. The van der Waals surface area contributed by atoms with Gasteiger partial charge in [-0.05, 0) is 12.1 Å². The number of para-hydroxylation sites is 1. The zero-order valence-electron chi connectivity index (χ0n) is 11.3. The first-order chi connectivity index (χ1) is 8.75. The van der Waals surface area contributed by atoms with Crippen molar-refractivity contribution in [1.82, 2.24) is 0 Å². The molecule has 0 saturated heterocycles. The van der Waals surface area contributed by atoms with Crippen molar-refractivity contribution in [1.29, 1.82) is 0 Å². The van der Waals surface area contributed by atoms with Gasteiger partial charge in [-0.1, -0.05) is 18.2 Å². The van der Waals surface area contributed by atoms with Crippen LogP contribution in [0, 0.1) is 0 Å². The van der Waals surface area contributed by atoms with E-state index in [1.807, 2.05) is 44.4 Å². The lowest BCUT2D eigenvalue weighted by atomic mass is 10.3. The molecule has 2 aromatic rings. The molecule has 0 saturated carbocycles. The molecule has 0 unspecified atom stereocenters. The van der Waals surface area contributed by atoms with Gasteiger partial charge >= 0.3 is 0 Å². The van der Waals surface area contributed by atoms with E-state index in [4.69, 9.17) is 4.74 Å². The van der Waals surface area contributed by atoms with E-state index in [1.54, 1.807) is 0 Å². The minimum atomic E-state index is 0. The van der Waals surface area contributed by atoms with Crippen molar-refractivity contribution in [3.8, 4) is 5.75 Å². The number of aromatic nitrogens is 1. The van der Waals surface area contributed by atoms with Crippen molar-refractivity contribution in [2.45, 2.75) is 6.54 Å². The fraction of sp³-hybridized carbons (Fsp3) is 0.267. The molecule has 2 rings (SSSR count). The molecule has 19 heavy (non-hydrogen) atoms. The molecule has 0 fully saturated rings. The third kappa shape index (κ3) is 4.91. The summed E-state index contributed by atoms with van der Waals surface area (Å²) in [5.74, 6) is 0.919. The third-order valence-electron chi connectivity index (χ3n) is 2.75. The Balaban J connectivity index is 0.00000180. The molecule has 0 atom stereocenters. The van der Waals surface area contributed by atoms with Gasteiger partial charge in [-0.15, -0.1) is 0 Å². The first-order valence-electron chi connectivity index (χ1n) is 6.10. The molecule has 1 aromatic carbocycles. The zero-order valence-corrected chi connectivity index (χ0v) is 12.9. The van der Waals surface area contributed by atoms with Crippen LogP contribution >= 0.6 is 0 Å². The maximum Gasteiger partial charge on any atom is 0.182 e. The molecule has 0 N–H and O–H groups in total. The highest BCUT2D eigenvalue weighted by atomic mass is 79.9. The molecule has 0 aliphatic carbocycles. The molecule has 0 aliphatic heterocycles. The Morgan fingerprint density at radius 3 is 2.21 bits per heavy atom. The minimum absolute atomic E-state index is 0. The van der Waals surface area contributed by atoms with E-state index < -0.39 is 0 Å². The Morgan fingerprint density at radius 1 is 1.00 bits per heavy atom. The van der Waals surface area contributed by atoms with E-state index >= 15 is 0 Å². The number of pyridine rings is 1. The van der Waals surface area contributed by atoms with E-state index in [9.17, 15) is 0 Å². The number of halogens is 1. The van der Waals surface area contributed by atoms with Gasteiger partial charge in [0.1, 0.15) is 12.4 Å². The van der Waals surface area contributed by atoms with Crippen LogP contribution in [0.15, 0.2) is 54.9 Å². The van der Waals surface area contributed by atoms with Gasteiger partial charge < -0.3 is 26.6 Å². The predicted octanol–water partition coefficient (Wildman–Crippen LogP) is -0.877. The Labute approximate surface area is 125 Å². The lowest BCUT2D eigenvalue weighted by molar-refractivity contribution is -0.697. The van der Waals surface area contributed by atoms with Crippen molar-refractivity contribution in [2.75, 3.05) is 25.6 Å². The van der Waals surface area contributed by atoms with Crippen molar-refractivity contribution < 1.29 is 26.3 Å². The highest BCUT2D eigenvalue weighted by Gasteiger charge is 2.02. The molecule has 0 spiro atoms. The standard InChI is InChI=1S/C15H19N2O.BrH/c1-16(2)14-8-10-17(11-9-14)12-13-18-15-6-4-3-5-7-15;/h3-11H,12-13H2,1-2H3;1H/q+1;/p-1. The van der Waals surface area contributed by atoms with Crippen LogP contribution in [-0.4, -0.2) is 20.7 Å². The summed E-state index contributed by atoms with van der Waals surface area (Å²) in [6, 6.07) is 14.1. The van der Waals surface area contributed by atoms with E-state index in [-0.39, 0.29) is 17.0 Å². The number of nitrogens with zero attached hydrogens (tertiary/aromatic N) is 2. The highest BCUT2D eigenvalue weighted by molar-refractivity contribution is 5.41. The Kier molecular flexibility index (Phi) is 6.36. The van der Waals surface area contributed by atoms with Gasteiger partial charge in [0.25, 0.3) is 0 Å². The number of anilines is 1. The van der Waals surface area contributed by atoms with Gasteiger partial charge in [0.05, 0.1) is 0 Å². The summed E-state index contributed by atoms with van der Waals surface area (Å²) in [6.45, 7) is 1.53. The number of hydrogen-bond acceptors (Lipinski definition) is 2. The molecule has 3 nitrogen and oxygen atoms in total. The van der Waals surface area contributed by atoms with Crippen LogP contribution in [0.5, 0.6) is 5.75 Å². The van der Waals surface area contributed by atoms with Crippen LogP contribution in [0.2, 0.25) is 0 Å². The van der Waals surface area contributed by atoms with Gasteiger partial charge in [-0.3, -0.25) is 0 Å². The number of hydrogen-bond donors (Lipinski definition) is 0. The van der Waals surface area contributed by atoms with Gasteiger partial charge in [-0.25, -0.2) is 4.57 Å². The molecule has 1 heterocycles. The van der Waals surface area contributed by atoms with Crippen LogP contribution in [0.4, 0.5) is 5.69 Å². The van der Waals surface area contributed by atoms with E-state index in [0.29, 0.717) is 6.61 Å². The minimum Gasteiger partial charge on any atom is -1.00 e. The average Bonchev–Trinajstić information content (AvgIpc) is 2.40. The van der Waals surface area contributed by atoms with E-state index in [2.05, 4.69) is 34.0 Å². The van der Waals surface area contributed by atoms with Gasteiger partial charge in [-0.2, -0.15) is 0 Å². The summed E-state index contributed by atoms with van der Waals surface area (Å²) in [5.41, 5.74) is 1.20. The topological polar surface area (TPSA) is 16.4 Å². The van der Waals surface area contributed by atoms with Gasteiger partial charge in [0.15, 0.2) is 18.9 Å². The lowest BCUT2D eigenvalue weighted by Crippen LogP contribution is -3.00. The summed E-state index contributed by atoms with van der Waals surface area (Å²) in [6.07, 6.45) is 4.15. The first kappa shape index (κ1) is 15.5. The van der Waals surface area contributed by atoms with E-state index in [0.717, 1.165) is 12.3 Å². The van der Waals surface area contributed by atoms with Crippen molar-refractivity contribution in [2.24, 2.45) is 0 Å². The second-order valence-electron chi connectivity index (χ2n) is 4.35. The molecule has 0 aliphatic rings. The maximum absolute atomic E-state index is 5.66. The Hall–Kier alpha value is -1.55. The van der Waals surface area contributed by atoms with Crippen molar-refractivity contribution in [3.63, 3.8) is 0 Å². The maximum atomic E-state index is 5.66. The average molecular weight is 323 g/mol. The molecular formula is C15H19BrN2O. The molecule has 4 heteroatoms. The molecule has 0 amide bonds. The predicted molar refractivity (Wildman–Crippen MR) is 72.9 cm³/mol. The Bertz CT molecular complexity index is 471. The lowest BCUT2D eigenvalue weighted by Gasteiger charge is -2.10. The molecule has 102 valence electrons. The molecule has 0 bridgehead atoms. The van der Waals surface area contributed by atoms with E-state index in [1.165, 1.54) is 5.69 Å². The van der Waals surface area contributed by atoms with Gasteiger partial charge in [0, 0.05) is 31.9 Å². The second kappa shape index (κ2) is 7.79. The zero-order chi connectivity index (χ0) is 12.8. The normalized spacial score (nSPS) is 9.58. The quantitative estimate of drug-likeness (QED) is 0.665. The monoisotopic (exact) mass is 322 g/mol. The highest BCUT2D eigenvalue weighted by Crippen LogP contribution is 2.08. The van der Waals surface area contributed by atoms with Crippen molar-refractivity contribution >= 4 is 5.69 Å². The summed E-state index contributed by atoms with van der Waals surface area (Å²) in [4.78, 5) is 2.09. The van der Waals surface area contributed by atoms with Crippen LogP contribution in [0.25, 0.3) is 0 Å².